The summed E-state index contributed by atoms with van der Waals surface area (Å²) in [5, 5.41) is 23.6. The first-order chi connectivity index (χ1) is 33.9. The minimum Gasteiger partial charge on any atom is -0.462 e. The van der Waals surface area contributed by atoms with Gasteiger partial charge in [-0.3, -0.25) is 4.79 Å². The highest BCUT2D eigenvalue weighted by Gasteiger charge is 2.61. The summed E-state index contributed by atoms with van der Waals surface area (Å²) in [5.74, 6) is -3.75. The van der Waals surface area contributed by atoms with Gasteiger partial charge >= 0.3 is 11.9 Å². The fourth-order valence-electron chi connectivity index (χ4n) is 11.9. The van der Waals surface area contributed by atoms with Crippen LogP contribution in [0.15, 0.2) is 71.4 Å². The summed E-state index contributed by atoms with van der Waals surface area (Å²) < 4.78 is 84.4. The average molecular weight is 997 g/mol. The van der Waals surface area contributed by atoms with E-state index in [1.54, 1.807) is 40.2 Å². The van der Waals surface area contributed by atoms with E-state index >= 15 is 0 Å². The number of halogens is 1. The summed E-state index contributed by atoms with van der Waals surface area (Å²) >= 11 is 0. The highest BCUT2D eigenvalue weighted by atomic mass is 19.1. The van der Waals surface area contributed by atoms with E-state index in [2.05, 4.69) is 26.8 Å². The predicted molar refractivity (Wildman–Crippen MR) is 257 cm³/mol. The van der Waals surface area contributed by atoms with E-state index in [-0.39, 0.29) is 30.1 Å². The van der Waals surface area contributed by atoms with Crippen LogP contribution in [0.2, 0.25) is 0 Å². The zero-order chi connectivity index (χ0) is 50.9. The fraction of sp³-hybridized carbons (Fsp3) is 0.709. The number of carbonyl (C=O) groups is 2. The molecule has 0 aromatic heterocycles. The number of ether oxygens (including phenoxy) is 11. The maximum absolute atomic E-state index is 14.8. The van der Waals surface area contributed by atoms with Crippen LogP contribution in [0.5, 0.6) is 0 Å². The lowest BCUT2D eigenvalue weighted by Gasteiger charge is -2.51. The molecule has 2 bridgehead atoms. The van der Waals surface area contributed by atoms with Gasteiger partial charge in [0.15, 0.2) is 24.5 Å². The molecule has 1 aromatic carbocycles. The van der Waals surface area contributed by atoms with E-state index in [0.29, 0.717) is 55.6 Å². The third-order valence-corrected chi connectivity index (χ3v) is 16.2. The second kappa shape index (κ2) is 22.6. The van der Waals surface area contributed by atoms with Crippen molar-refractivity contribution in [2.24, 2.45) is 23.7 Å². The summed E-state index contributed by atoms with van der Waals surface area (Å²) in [7, 11) is 3.20. The molecule has 1 spiro atoms. The van der Waals surface area contributed by atoms with Crippen molar-refractivity contribution >= 4 is 11.9 Å². The first-order valence-corrected chi connectivity index (χ1v) is 25.8. The van der Waals surface area contributed by atoms with Crippen LogP contribution in [0.1, 0.15) is 117 Å². The molecule has 1 aliphatic carbocycles. The summed E-state index contributed by atoms with van der Waals surface area (Å²) in [6.07, 6.45) is 5.41. The largest absolute Gasteiger partial charge is 0.462 e. The van der Waals surface area contributed by atoms with Gasteiger partial charge in [0.25, 0.3) is 0 Å². The number of fused-ring (bicyclic) bond motifs is 2. The zero-order valence-corrected chi connectivity index (χ0v) is 43.0. The molecule has 1 aromatic rings. The van der Waals surface area contributed by atoms with E-state index < -0.39 is 115 Å². The number of esters is 2. The van der Waals surface area contributed by atoms with Crippen LogP contribution in [0.4, 0.5) is 4.39 Å². The standard InChI is InChI=1S/C55H77FO15/c1-11-29(2)48-32(5)21-22-54(71-48)27-40-24-39(70-54)20-15-31(4)47(67-45-26-43(62-10)50(35(8)65-45)68-44-25-42(61-9)46(57)34(7)64-44)30(3)13-12-14-37-28-63-51-49(69-52(58)36-16-18-38(56)19-17-36)33(6)23-41(53(59)66-40)55(37,51)60/h12-19,23,29-30,32,34-35,39-51,57,60H,11,20-22,24-28H2,1-10H3/b13-12+,31-15+,37-14+/t29-,30-,32-,34-,35-,39+,40-,41-,42-,43-,44-,45-,46-,47-,48+,49+,50-,51+,54+,55+/m0/s1. The number of methoxy groups -OCH3 is 2. The Morgan fingerprint density at radius 1 is 0.915 bits per heavy atom. The maximum atomic E-state index is 14.8. The highest BCUT2D eigenvalue weighted by Crippen LogP contribution is 2.49. The number of benzene rings is 1. The normalized spacial score (nSPS) is 44.5. The Morgan fingerprint density at radius 3 is 2.34 bits per heavy atom. The van der Waals surface area contributed by atoms with Crippen molar-refractivity contribution < 1.29 is 76.3 Å². The molecule has 0 amide bonds. The molecule has 5 saturated heterocycles. The lowest BCUT2D eigenvalue weighted by atomic mass is 9.70. The second-order valence-corrected chi connectivity index (χ2v) is 21.2. The second-order valence-electron chi connectivity index (χ2n) is 21.2. The molecular weight excluding hydrogens is 920 g/mol. The Labute approximate surface area is 418 Å². The van der Waals surface area contributed by atoms with Crippen LogP contribution < -0.4 is 0 Å². The number of carbonyl (C=O) groups excluding carboxylic acids is 2. The number of aliphatic hydroxyl groups is 2. The molecule has 2 N–H and O–H groups in total. The van der Waals surface area contributed by atoms with E-state index in [4.69, 9.17) is 52.1 Å². The first kappa shape index (κ1) is 53.9. The smallest absolute Gasteiger partial charge is 0.338 e. The number of hydrogen-bond acceptors (Lipinski definition) is 15. The molecule has 6 aliphatic heterocycles. The molecule has 0 unspecified atom stereocenters. The van der Waals surface area contributed by atoms with Crippen molar-refractivity contribution in [1.82, 2.24) is 0 Å². The number of rotatable bonds is 10. The van der Waals surface area contributed by atoms with E-state index in [1.165, 1.54) is 24.3 Å². The number of allylic oxidation sites excluding steroid dienone is 2. The molecule has 8 rings (SSSR count). The lowest BCUT2D eigenvalue weighted by molar-refractivity contribution is -0.340. The van der Waals surface area contributed by atoms with Crippen molar-refractivity contribution in [3.05, 3.63) is 82.7 Å². The molecular formula is C55H77FO15. The van der Waals surface area contributed by atoms with E-state index in [0.717, 1.165) is 18.4 Å². The summed E-state index contributed by atoms with van der Waals surface area (Å²) in [6, 6.07) is 5.01. The van der Waals surface area contributed by atoms with E-state index in [9.17, 15) is 24.2 Å². The lowest BCUT2D eigenvalue weighted by Crippen LogP contribution is -2.59. The third-order valence-electron chi connectivity index (χ3n) is 16.2. The Kier molecular flexibility index (Phi) is 17.2. The Hall–Kier alpha value is -3.39. The zero-order valence-electron chi connectivity index (χ0n) is 43.0. The maximum Gasteiger partial charge on any atom is 0.338 e. The molecule has 0 radical (unpaired) electrons. The molecule has 7 aliphatic rings. The van der Waals surface area contributed by atoms with Crippen LogP contribution in [-0.4, -0.2) is 140 Å². The van der Waals surface area contributed by atoms with Crippen molar-refractivity contribution in [2.75, 3.05) is 20.8 Å². The van der Waals surface area contributed by atoms with Gasteiger partial charge in [0.05, 0.1) is 54.9 Å². The van der Waals surface area contributed by atoms with Gasteiger partial charge < -0.3 is 62.3 Å². The first-order valence-electron chi connectivity index (χ1n) is 25.8. The van der Waals surface area contributed by atoms with Gasteiger partial charge in [0, 0.05) is 52.2 Å². The van der Waals surface area contributed by atoms with Gasteiger partial charge in [-0.2, -0.15) is 0 Å². The van der Waals surface area contributed by atoms with E-state index in [1.807, 2.05) is 32.9 Å². The van der Waals surface area contributed by atoms with Crippen LogP contribution in [0.25, 0.3) is 0 Å². The van der Waals surface area contributed by atoms with Crippen LogP contribution in [-0.2, 0) is 56.9 Å². The SMILES string of the molecule is CC[C@H](C)[C@H]1O[C@]2(CC[C@@H]1C)C[C@@H]1C[C@@H](C/C=C(\C)[C@@H](O[C@H]3C[C@H](OC)[C@@H](O[C@H]4C[C@H](OC)[C@@H](O)[C@H](C)O4)[C@H](C)O3)[C@@H](C)/C=C/C=C3\CO[C@@H]4[C@H](OC(=O)c5ccc(F)cc5)C(C)=C[C@@H](C(=O)O1)[C@]34O)O2. The minimum atomic E-state index is -1.98. The van der Waals surface area contributed by atoms with Crippen LogP contribution in [0, 0.1) is 29.5 Å². The number of hydrogen-bond donors (Lipinski definition) is 2. The summed E-state index contributed by atoms with van der Waals surface area (Å²) in [4.78, 5) is 28.3. The van der Waals surface area contributed by atoms with Gasteiger partial charge in [0.2, 0.25) is 0 Å². The average Bonchev–Trinajstić information content (AvgIpc) is 3.68. The quantitative estimate of drug-likeness (QED) is 0.173. The molecule has 15 nitrogen and oxygen atoms in total. The van der Waals surface area contributed by atoms with Crippen molar-refractivity contribution in [3.63, 3.8) is 0 Å². The molecule has 16 heteroatoms. The molecule has 20 atom stereocenters. The Morgan fingerprint density at radius 2 is 1.62 bits per heavy atom. The highest BCUT2D eigenvalue weighted by molar-refractivity contribution is 5.89. The van der Waals surface area contributed by atoms with Crippen molar-refractivity contribution in [1.29, 1.82) is 0 Å². The number of aliphatic hydroxyl groups excluding tert-OH is 1. The fourth-order valence-corrected chi connectivity index (χ4v) is 11.9. The van der Waals surface area contributed by atoms with Gasteiger partial charge in [-0.25, -0.2) is 9.18 Å². The summed E-state index contributed by atoms with van der Waals surface area (Å²) in [5.41, 5.74) is -0.0101. The van der Waals surface area contributed by atoms with Gasteiger partial charge in [-0.05, 0) is 93.4 Å². The topological polar surface area (TPSA) is 176 Å². The molecule has 71 heavy (non-hydrogen) atoms. The monoisotopic (exact) mass is 997 g/mol. The Balaban J connectivity index is 1.11. The van der Waals surface area contributed by atoms with Crippen molar-refractivity contribution in [2.45, 2.75) is 204 Å². The Bertz CT molecular complexity index is 2140. The van der Waals surface area contributed by atoms with Gasteiger partial charge in [0.1, 0.15) is 41.8 Å². The van der Waals surface area contributed by atoms with Gasteiger partial charge in [-0.15, -0.1) is 0 Å². The summed E-state index contributed by atoms with van der Waals surface area (Å²) in [6.45, 7) is 16.0. The molecule has 6 heterocycles. The van der Waals surface area contributed by atoms with Gasteiger partial charge in [-0.1, -0.05) is 64.5 Å². The third kappa shape index (κ3) is 11.5. The van der Waals surface area contributed by atoms with Crippen molar-refractivity contribution in [3.8, 4) is 0 Å². The minimum absolute atomic E-state index is 0.0552. The van der Waals surface area contributed by atoms with Crippen LogP contribution >= 0.6 is 0 Å². The molecule has 394 valence electrons. The molecule has 5 fully saturated rings. The molecule has 0 saturated carbocycles. The predicted octanol–water partition coefficient (Wildman–Crippen LogP) is 7.61. The van der Waals surface area contributed by atoms with Crippen LogP contribution in [0.3, 0.4) is 0 Å².